The summed E-state index contributed by atoms with van der Waals surface area (Å²) in [5.74, 6) is 0.667. The summed E-state index contributed by atoms with van der Waals surface area (Å²) >= 11 is 5.36. The lowest BCUT2D eigenvalue weighted by atomic mass is 9.80. The van der Waals surface area contributed by atoms with Crippen molar-refractivity contribution in [2.24, 2.45) is 11.3 Å². The van der Waals surface area contributed by atoms with Gasteiger partial charge in [0.1, 0.15) is 0 Å². The van der Waals surface area contributed by atoms with Crippen LogP contribution < -0.4 is 0 Å². The third-order valence-electron chi connectivity index (χ3n) is 3.34. The second-order valence-corrected chi connectivity index (χ2v) is 4.55. The molecule has 1 nitrogen and oxygen atoms in total. The van der Waals surface area contributed by atoms with Gasteiger partial charge in [0.2, 0.25) is 0 Å². The zero-order valence-corrected chi connectivity index (χ0v) is 8.83. The molecule has 0 amide bonds. The largest absolute Gasteiger partial charge is 0.366 e. The van der Waals surface area contributed by atoms with E-state index in [1.54, 1.807) is 0 Å². The second-order valence-electron chi connectivity index (χ2n) is 4.17. The van der Waals surface area contributed by atoms with E-state index in [4.69, 9.17) is 12.2 Å². The van der Waals surface area contributed by atoms with Crippen molar-refractivity contribution in [2.45, 2.75) is 33.7 Å². The molecule has 11 heavy (non-hydrogen) atoms. The first-order valence-electron chi connectivity index (χ1n) is 4.16. The van der Waals surface area contributed by atoms with Crippen LogP contribution in [0.5, 0.6) is 0 Å². The molecule has 0 aromatic heterocycles. The summed E-state index contributed by atoms with van der Waals surface area (Å²) in [5.41, 5.74) is 0.212. The molecule has 1 saturated heterocycles. The van der Waals surface area contributed by atoms with Gasteiger partial charge in [-0.25, -0.2) is 0 Å². The molecule has 0 radical (unpaired) electrons. The van der Waals surface area contributed by atoms with E-state index in [-0.39, 0.29) is 5.41 Å². The number of hydrogen-bond acceptors (Lipinski definition) is 1. The van der Waals surface area contributed by atoms with Crippen LogP contribution in [0.25, 0.3) is 0 Å². The first-order valence-corrected chi connectivity index (χ1v) is 4.57. The predicted octanol–water partition coefficient (Wildman–Crippen LogP) is 2.31. The Morgan fingerprint density at radius 3 is 1.91 bits per heavy atom. The second kappa shape index (κ2) is 2.44. The fourth-order valence-corrected chi connectivity index (χ4v) is 2.12. The SMILES string of the molecule is C[C@@H]1[C@H](C)C(C)(C)C(=S)N1C. The summed E-state index contributed by atoms with van der Waals surface area (Å²) < 4.78 is 0. The van der Waals surface area contributed by atoms with Crippen LogP contribution in [0.3, 0.4) is 0 Å². The Morgan fingerprint density at radius 1 is 1.36 bits per heavy atom. The molecule has 2 atom stereocenters. The van der Waals surface area contributed by atoms with E-state index in [1.165, 1.54) is 0 Å². The number of thiocarbonyl (C=S) groups is 1. The van der Waals surface area contributed by atoms with Crippen LogP contribution in [-0.2, 0) is 0 Å². The van der Waals surface area contributed by atoms with E-state index in [1.807, 2.05) is 0 Å². The van der Waals surface area contributed by atoms with Gasteiger partial charge in [0.15, 0.2) is 0 Å². The molecule has 1 rings (SSSR count). The highest BCUT2D eigenvalue weighted by atomic mass is 32.1. The molecule has 0 bridgehead atoms. The summed E-state index contributed by atoms with van der Waals surface area (Å²) in [6, 6.07) is 0.595. The molecule has 0 aromatic carbocycles. The Hall–Kier alpha value is -0.110. The Kier molecular flexibility index (Phi) is 1.99. The summed E-state index contributed by atoms with van der Waals surface area (Å²) in [4.78, 5) is 3.33. The first kappa shape index (κ1) is 8.98. The van der Waals surface area contributed by atoms with Gasteiger partial charge in [0.05, 0.1) is 4.99 Å². The van der Waals surface area contributed by atoms with E-state index in [0.29, 0.717) is 12.0 Å². The molecule has 0 spiro atoms. The van der Waals surface area contributed by atoms with Gasteiger partial charge in [-0.3, -0.25) is 0 Å². The number of rotatable bonds is 0. The highest BCUT2D eigenvalue weighted by Gasteiger charge is 2.44. The molecule has 2 heteroatoms. The van der Waals surface area contributed by atoms with Gasteiger partial charge in [-0.2, -0.15) is 0 Å². The zero-order valence-electron chi connectivity index (χ0n) is 8.01. The van der Waals surface area contributed by atoms with Crippen molar-refractivity contribution in [3.8, 4) is 0 Å². The average Bonchev–Trinajstić information content (AvgIpc) is 2.06. The fourth-order valence-electron chi connectivity index (χ4n) is 1.77. The lowest BCUT2D eigenvalue weighted by Gasteiger charge is -2.22. The van der Waals surface area contributed by atoms with Crippen molar-refractivity contribution in [1.82, 2.24) is 4.90 Å². The Labute approximate surface area is 74.8 Å². The highest BCUT2D eigenvalue weighted by Crippen LogP contribution is 2.40. The van der Waals surface area contributed by atoms with Crippen LogP contribution in [0.4, 0.5) is 0 Å². The van der Waals surface area contributed by atoms with E-state index in [2.05, 4.69) is 39.6 Å². The summed E-state index contributed by atoms with van der Waals surface area (Å²) in [7, 11) is 2.10. The normalized spacial score (nSPS) is 36.5. The average molecular weight is 171 g/mol. The van der Waals surface area contributed by atoms with E-state index < -0.39 is 0 Å². The Balaban J connectivity index is 2.96. The summed E-state index contributed by atoms with van der Waals surface area (Å²) in [6.45, 7) is 8.99. The monoisotopic (exact) mass is 171 g/mol. The summed E-state index contributed by atoms with van der Waals surface area (Å²) in [6.07, 6.45) is 0. The molecule has 1 fully saturated rings. The van der Waals surface area contributed by atoms with Crippen LogP contribution in [0.15, 0.2) is 0 Å². The third-order valence-corrected chi connectivity index (χ3v) is 4.16. The van der Waals surface area contributed by atoms with Crippen LogP contribution >= 0.6 is 12.2 Å². The minimum Gasteiger partial charge on any atom is -0.366 e. The molecule has 0 aliphatic carbocycles. The molecule has 0 saturated carbocycles. The fraction of sp³-hybridized carbons (Fsp3) is 0.889. The van der Waals surface area contributed by atoms with Gasteiger partial charge in [-0.05, 0) is 12.8 Å². The smallest absolute Gasteiger partial charge is 0.0839 e. The maximum Gasteiger partial charge on any atom is 0.0839 e. The van der Waals surface area contributed by atoms with Gasteiger partial charge in [-0.15, -0.1) is 0 Å². The maximum atomic E-state index is 5.36. The van der Waals surface area contributed by atoms with Gasteiger partial charge in [0.25, 0.3) is 0 Å². The number of hydrogen-bond donors (Lipinski definition) is 0. The minimum atomic E-state index is 0.212. The lowest BCUT2D eigenvalue weighted by molar-refractivity contribution is 0.288. The standard InChI is InChI=1S/C9H17NS/c1-6-7(2)10(5)8(11)9(6,3)4/h6-7H,1-5H3/t6-,7+/m0/s1. The quantitative estimate of drug-likeness (QED) is 0.515. The van der Waals surface area contributed by atoms with Gasteiger partial charge in [0, 0.05) is 18.5 Å². The molecule has 0 unspecified atom stereocenters. The van der Waals surface area contributed by atoms with Gasteiger partial charge >= 0.3 is 0 Å². The van der Waals surface area contributed by atoms with Gasteiger partial charge in [-0.1, -0.05) is 33.0 Å². The van der Waals surface area contributed by atoms with Crippen molar-refractivity contribution in [1.29, 1.82) is 0 Å². The number of likely N-dealkylation sites (tertiary alicyclic amines) is 1. The van der Waals surface area contributed by atoms with Crippen LogP contribution in [0, 0.1) is 11.3 Å². The van der Waals surface area contributed by atoms with E-state index in [9.17, 15) is 0 Å². The molecular weight excluding hydrogens is 154 g/mol. The molecular formula is C9H17NS. The van der Waals surface area contributed by atoms with Crippen molar-refractivity contribution in [3.05, 3.63) is 0 Å². The third kappa shape index (κ3) is 1.08. The molecule has 1 heterocycles. The number of nitrogens with zero attached hydrogens (tertiary/aromatic N) is 1. The molecule has 1 aliphatic heterocycles. The van der Waals surface area contributed by atoms with E-state index in [0.717, 1.165) is 4.99 Å². The van der Waals surface area contributed by atoms with Crippen molar-refractivity contribution in [2.75, 3.05) is 7.05 Å². The highest BCUT2D eigenvalue weighted by molar-refractivity contribution is 7.80. The van der Waals surface area contributed by atoms with Crippen LogP contribution in [0.2, 0.25) is 0 Å². The van der Waals surface area contributed by atoms with Crippen molar-refractivity contribution in [3.63, 3.8) is 0 Å². The topological polar surface area (TPSA) is 3.24 Å². The molecule has 64 valence electrons. The Morgan fingerprint density at radius 2 is 1.82 bits per heavy atom. The van der Waals surface area contributed by atoms with Crippen LogP contribution in [0.1, 0.15) is 27.7 Å². The lowest BCUT2D eigenvalue weighted by Crippen LogP contribution is -2.28. The summed E-state index contributed by atoms with van der Waals surface area (Å²) in [5, 5.41) is 0. The maximum absolute atomic E-state index is 5.36. The zero-order chi connectivity index (χ0) is 8.81. The van der Waals surface area contributed by atoms with Crippen molar-refractivity contribution >= 4 is 17.2 Å². The Bertz CT molecular complexity index is 186. The molecule has 1 aliphatic rings. The van der Waals surface area contributed by atoms with Crippen molar-refractivity contribution < 1.29 is 0 Å². The molecule has 0 aromatic rings. The predicted molar refractivity (Wildman–Crippen MR) is 52.8 cm³/mol. The molecule has 0 N–H and O–H groups in total. The van der Waals surface area contributed by atoms with E-state index >= 15 is 0 Å². The minimum absolute atomic E-state index is 0.212. The first-order chi connectivity index (χ1) is 4.89. The van der Waals surface area contributed by atoms with Gasteiger partial charge < -0.3 is 4.90 Å². The van der Waals surface area contributed by atoms with Crippen LogP contribution in [-0.4, -0.2) is 23.0 Å².